The summed E-state index contributed by atoms with van der Waals surface area (Å²) < 4.78 is 0. The molecule has 1 aromatic rings. The van der Waals surface area contributed by atoms with Crippen LogP contribution in [0.5, 0.6) is 0 Å². The van der Waals surface area contributed by atoms with E-state index in [1.54, 1.807) is 0 Å². The summed E-state index contributed by atoms with van der Waals surface area (Å²) in [4.78, 5) is 14.7. The SMILES string of the molecule is Cc1ccc(C(=O)N2CCCCC2CCN)cc1C.Cl. The van der Waals surface area contributed by atoms with Gasteiger partial charge in [0, 0.05) is 18.2 Å². The minimum absolute atomic E-state index is 0. The molecule has 1 amide bonds. The highest BCUT2D eigenvalue weighted by Crippen LogP contribution is 2.22. The summed E-state index contributed by atoms with van der Waals surface area (Å²) in [5.41, 5.74) is 8.89. The second-order valence-corrected chi connectivity index (χ2v) is 5.52. The van der Waals surface area contributed by atoms with E-state index >= 15 is 0 Å². The molecule has 0 bridgehead atoms. The lowest BCUT2D eigenvalue weighted by Gasteiger charge is -2.36. The number of piperidine rings is 1. The second-order valence-electron chi connectivity index (χ2n) is 5.52. The molecule has 112 valence electrons. The Morgan fingerprint density at radius 1 is 1.30 bits per heavy atom. The average Bonchev–Trinajstić information content (AvgIpc) is 2.42. The van der Waals surface area contributed by atoms with Crippen LogP contribution < -0.4 is 5.73 Å². The molecule has 1 saturated heterocycles. The van der Waals surface area contributed by atoms with Gasteiger partial charge in [-0.3, -0.25) is 4.79 Å². The maximum Gasteiger partial charge on any atom is 0.254 e. The zero-order valence-corrected chi connectivity index (χ0v) is 13.2. The first-order chi connectivity index (χ1) is 9.13. The van der Waals surface area contributed by atoms with Crippen molar-refractivity contribution in [2.45, 2.75) is 45.6 Å². The Morgan fingerprint density at radius 3 is 2.70 bits per heavy atom. The number of amides is 1. The summed E-state index contributed by atoms with van der Waals surface area (Å²) in [6.07, 6.45) is 4.32. The molecule has 0 aromatic heterocycles. The van der Waals surface area contributed by atoms with Crippen LogP contribution in [0.1, 0.15) is 47.2 Å². The molecule has 1 unspecified atom stereocenters. The second kappa shape index (κ2) is 7.65. The summed E-state index contributed by atoms with van der Waals surface area (Å²) in [6, 6.07) is 6.31. The van der Waals surface area contributed by atoms with Gasteiger partial charge in [-0.1, -0.05) is 6.07 Å². The highest BCUT2D eigenvalue weighted by atomic mass is 35.5. The average molecular weight is 297 g/mol. The zero-order valence-electron chi connectivity index (χ0n) is 12.4. The maximum absolute atomic E-state index is 12.6. The first-order valence-corrected chi connectivity index (χ1v) is 7.21. The van der Waals surface area contributed by atoms with Gasteiger partial charge in [-0.05, 0) is 69.3 Å². The number of likely N-dealkylation sites (tertiary alicyclic amines) is 1. The highest BCUT2D eigenvalue weighted by Gasteiger charge is 2.26. The molecule has 4 heteroatoms. The Morgan fingerprint density at radius 2 is 2.05 bits per heavy atom. The first-order valence-electron chi connectivity index (χ1n) is 7.21. The predicted octanol–water partition coefficient (Wildman–Crippen LogP) is 3.07. The fourth-order valence-electron chi connectivity index (χ4n) is 2.80. The van der Waals surface area contributed by atoms with Crippen molar-refractivity contribution in [3.8, 4) is 0 Å². The topological polar surface area (TPSA) is 46.3 Å². The number of benzene rings is 1. The van der Waals surface area contributed by atoms with Gasteiger partial charge in [0.2, 0.25) is 0 Å². The number of hydrogen-bond donors (Lipinski definition) is 1. The van der Waals surface area contributed by atoms with Gasteiger partial charge in [-0.25, -0.2) is 0 Å². The minimum atomic E-state index is 0. The van der Waals surface area contributed by atoms with E-state index < -0.39 is 0 Å². The number of aryl methyl sites for hydroxylation is 2. The number of halogens is 1. The van der Waals surface area contributed by atoms with Crippen LogP contribution in [-0.2, 0) is 0 Å². The standard InChI is InChI=1S/C16H24N2O.ClH/c1-12-6-7-14(11-13(12)2)16(19)18-10-4-3-5-15(18)8-9-17;/h6-7,11,15H,3-5,8-10,17H2,1-2H3;1H. The van der Waals surface area contributed by atoms with Crippen LogP contribution in [0, 0.1) is 13.8 Å². The third kappa shape index (κ3) is 3.74. The van der Waals surface area contributed by atoms with Gasteiger partial charge in [0.1, 0.15) is 0 Å². The van der Waals surface area contributed by atoms with Crippen molar-refractivity contribution in [1.29, 1.82) is 0 Å². The van der Waals surface area contributed by atoms with Gasteiger partial charge < -0.3 is 10.6 Å². The Labute approximate surface area is 127 Å². The van der Waals surface area contributed by atoms with E-state index in [9.17, 15) is 4.79 Å². The smallest absolute Gasteiger partial charge is 0.254 e. The van der Waals surface area contributed by atoms with Gasteiger partial charge in [-0.2, -0.15) is 0 Å². The van der Waals surface area contributed by atoms with Crippen molar-refractivity contribution < 1.29 is 4.79 Å². The Balaban J connectivity index is 0.00000200. The monoisotopic (exact) mass is 296 g/mol. The van der Waals surface area contributed by atoms with Gasteiger partial charge in [-0.15, -0.1) is 12.4 Å². The molecule has 1 aromatic carbocycles. The minimum Gasteiger partial charge on any atom is -0.336 e. The molecule has 1 aliphatic rings. The molecule has 1 atom stereocenters. The van der Waals surface area contributed by atoms with E-state index in [1.165, 1.54) is 17.5 Å². The molecular weight excluding hydrogens is 272 g/mol. The Hall–Kier alpha value is -1.06. The summed E-state index contributed by atoms with van der Waals surface area (Å²) in [5.74, 6) is 0.168. The Kier molecular flexibility index (Phi) is 6.50. The molecule has 1 aliphatic heterocycles. The lowest BCUT2D eigenvalue weighted by Crippen LogP contribution is -2.44. The van der Waals surface area contributed by atoms with E-state index in [-0.39, 0.29) is 18.3 Å². The summed E-state index contributed by atoms with van der Waals surface area (Å²) >= 11 is 0. The van der Waals surface area contributed by atoms with Crippen molar-refractivity contribution in [3.63, 3.8) is 0 Å². The highest BCUT2D eigenvalue weighted by molar-refractivity contribution is 5.94. The van der Waals surface area contributed by atoms with E-state index in [1.807, 2.05) is 23.1 Å². The first kappa shape index (κ1) is 17.0. The summed E-state index contributed by atoms with van der Waals surface area (Å²) in [7, 11) is 0. The molecule has 0 saturated carbocycles. The van der Waals surface area contributed by atoms with Crippen LogP contribution in [-0.4, -0.2) is 29.9 Å². The van der Waals surface area contributed by atoms with Crippen molar-refractivity contribution in [3.05, 3.63) is 34.9 Å². The molecule has 1 fully saturated rings. The number of carbonyl (C=O) groups is 1. The number of rotatable bonds is 3. The third-order valence-corrected chi connectivity index (χ3v) is 4.14. The van der Waals surface area contributed by atoms with Crippen molar-refractivity contribution in [2.75, 3.05) is 13.1 Å². The van der Waals surface area contributed by atoms with E-state index in [4.69, 9.17) is 5.73 Å². The third-order valence-electron chi connectivity index (χ3n) is 4.14. The van der Waals surface area contributed by atoms with Crippen molar-refractivity contribution in [2.24, 2.45) is 5.73 Å². The van der Waals surface area contributed by atoms with Crippen LogP contribution in [0.2, 0.25) is 0 Å². The number of carbonyl (C=O) groups excluding carboxylic acids is 1. The fourth-order valence-corrected chi connectivity index (χ4v) is 2.80. The Bertz CT molecular complexity index is 460. The molecule has 2 N–H and O–H groups in total. The molecule has 20 heavy (non-hydrogen) atoms. The van der Waals surface area contributed by atoms with Crippen LogP contribution in [0.3, 0.4) is 0 Å². The van der Waals surface area contributed by atoms with Crippen molar-refractivity contribution >= 4 is 18.3 Å². The van der Waals surface area contributed by atoms with E-state index in [0.29, 0.717) is 12.6 Å². The van der Waals surface area contributed by atoms with Crippen LogP contribution in [0.15, 0.2) is 18.2 Å². The molecular formula is C16H25ClN2O. The lowest BCUT2D eigenvalue weighted by molar-refractivity contribution is 0.0605. The largest absolute Gasteiger partial charge is 0.336 e. The molecule has 1 heterocycles. The van der Waals surface area contributed by atoms with E-state index in [2.05, 4.69) is 13.8 Å². The van der Waals surface area contributed by atoms with Crippen LogP contribution in [0.25, 0.3) is 0 Å². The number of nitrogens with zero attached hydrogens (tertiary/aromatic N) is 1. The van der Waals surface area contributed by atoms with E-state index in [0.717, 1.165) is 31.4 Å². The normalized spacial score (nSPS) is 18.6. The molecule has 0 spiro atoms. The lowest BCUT2D eigenvalue weighted by atomic mass is 9.97. The number of nitrogens with two attached hydrogens (primary N) is 1. The van der Waals surface area contributed by atoms with Gasteiger partial charge in [0.25, 0.3) is 5.91 Å². The predicted molar refractivity (Wildman–Crippen MR) is 85.5 cm³/mol. The van der Waals surface area contributed by atoms with Gasteiger partial charge in [0.15, 0.2) is 0 Å². The fraction of sp³-hybridized carbons (Fsp3) is 0.562. The van der Waals surface area contributed by atoms with Crippen molar-refractivity contribution in [1.82, 2.24) is 4.90 Å². The molecule has 0 aliphatic carbocycles. The summed E-state index contributed by atoms with van der Waals surface area (Å²) in [6.45, 7) is 5.65. The number of hydrogen-bond acceptors (Lipinski definition) is 2. The molecule has 2 rings (SSSR count). The summed E-state index contributed by atoms with van der Waals surface area (Å²) in [5, 5.41) is 0. The maximum atomic E-state index is 12.6. The van der Waals surface area contributed by atoms with Crippen LogP contribution >= 0.6 is 12.4 Å². The van der Waals surface area contributed by atoms with Crippen LogP contribution in [0.4, 0.5) is 0 Å². The van der Waals surface area contributed by atoms with Gasteiger partial charge in [0.05, 0.1) is 0 Å². The van der Waals surface area contributed by atoms with Gasteiger partial charge >= 0.3 is 0 Å². The quantitative estimate of drug-likeness (QED) is 0.932. The molecule has 0 radical (unpaired) electrons. The molecule has 3 nitrogen and oxygen atoms in total. The zero-order chi connectivity index (χ0) is 13.8.